The zero-order valence-electron chi connectivity index (χ0n) is 21.8. The molecule has 1 aliphatic heterocycles. The standard InChI is InChI=1S/C27H30F3N5O4/c1-13-9-35(26(38)15(3)36)10-19(13)34-25(37)21-14(2)33-24-22(31-12-32-23(21)24)18-8-17(27(28,29)30)6-7-20(18)39-11-16-4-5-16/h6-8,12-13,15-16,19,33,36H,4-5,9-11H2,1-3H3,(H,34,37)/t13-,15-,19+/m0/s1. The topological polar surface area (TPSA) is 120 Å². The zero-order chi connectivity index (χ0) is 28.1. The van der Waals surface area contributed by atoms with Crippen molar-refractivity contribution in [3.05, 3.63) is 41.3 Å². The number of hydrogen-bond donors (Lipinski definition) is 3. The highest BCUT2D eigenvalue weighted by Crippen LogP contribution is 2.40. The third kappa shape index (κ3) is 5.42. The number of ether oxygens (including phenoxy) is 1. The van der Waals surface area contributed by atoms with E-state index in [1.165, 1.54) is 24.2 Å². The van der Waals surface area contributed by atoms with Crippen LogP contribution in [0.3, 0.4) is 0 Å². The number of halogens is 3. The number of carbonyl (C=O) groups excluding carboxylic acids is 2. The van der Waals surface area contributed by atoms with Crippen LogP contribution in [0.25, 0.3) is 22.3 Å². The highest BCUT2D eigenvalue weighted by molar-refractivity contribution is 6.09. The fraction of sp³-hybridized carbons (Fsp3) is 0.481. The van der Waals surface area contributed by atoms with E-state index >= 15 is 0 Å². The Morgan fingerprint density at radius 1 is 1.26 bits per heavy atom. The molecule has 0 bridgehead atoms. The third-order valence-corrected chi connectivity index (χ3v) is 7.33. The molecule has 3 aromatic rings. The van der Waals surface area contributed by atoms with Gasteiger partial charge >= 0.3 is 6.18 Å². The van der Waals surface area contributed by atoms with Gasteiger partial charge in [-0.15, -0.1) is 0 Å². The van der Waals surface area contributed by atoms with Crippen LogP contribution in [0.15, 0.2) is 24.5 Å². The first kappa shape index (κ1) is 26.9. The molecule has 3 atom stereocenters. The summed E-state index contributed by atoms with van der Waals surface area (Å²) in [6.07, 6.45) is -2.44. The van der Waals surface area contributed by atoms with Crippen molar-refractivity contribution in [1.82, 2.24) is 25.2 Å². The van der Waals surface area contributed by atoms with E-state index in [2.05, 4.69) is 20.3 Å². The zero-order valence-corrected chi connectivity index (χ0v) is 21.8. The highest BCUT2D eigenvalue weighted by Gasteiger charge is 2.36. The number of benzene rings is 1. The molecule has 1 aromatic carbocycles. The second-order valence-electron chi connectivity index (χ2n) is 10.5. The van der Waals surface area contributed by atoms with Gasteiger partial charge in [0, 0.05) is 24.3 Å². The molecule has 2 aliphatic rings. The number of amides is 2. The fourth-order valence-electron chi connectivity index (χ4n) is 4.95. The molecule has 1 saturated heterocycles. The molecule has 1 aliphatic carbocycles. The van der Waals surface area contributed by atoms with Gasteiger partial charge in [-0.1, -0.05) is 6.92 Å². The predicted octanol–water partition coefficient (Wildman–Crippen LogP) is 3.70. The van der Waals surface area contributed by atoms with Crippen LogP contribution in [0, 0.1) is 18.8 Å². The summed E-state index contributed by atoms with van der Waals surface area (Å²) in [6.45, 7) is 6.03. The Kier molecular flexibility index (Phi) is 7.00. The molecule has 39 heavy (non-hydrogen) atoms. The van der Waals surface area contributed by atoms with Gasteiger partial charge in [-0.05, 0) is 56.7 Å². The van der Waals surface area contributed by atoms with Crippen LogP contribution in [0.5, 0.6) is 5.75 Å². The minimum Gasteiger partial charge on any atom is -0.493 e. The highest BCUT2D eigenvalue weighted by atomic mass is 19.4. The first-order valence-electron chi connectivity index (χ1n) is 12.9. The molecule has 2 aromatic heterocycles. The number of rotatable bonds is 7. The van der Waals surface area contributed by atoms with E-state index in [1.807, 2.05) is 6.92 Å². The van der Waals surface area contributed by atoms with E-state index in [-0.39, 0.29) is 46.6 Å². The van der Waals surface area contributed by atoms with E-state index < -0.39 is 29.7 Å². The summed E-state index contributed by atoms with van der Waals surface area (Å²) in [5.74, 6) is -0.223. The second-order valence-corrected chi connectivity index (χ2v) is 10.5. The lowest BCUT2D eigenvalue weighted by molar-refractivity contribution is -0.138. The Morgan fingerprint density at radius 2 is 2.00 bits per heavy atom. The minimum absolute atomic E-state index is 0.0522. The maximum atomic E-state index is 13.6. The first-order valence-corrected chi connectivity index (χ1v) is 12.9. The number of aryl methyl sites for hydroxylation is 1. The largest absolute Gasteiger partial charge is 0.493 e. The Balaban J connectivity index is 1.49. The quantitative estimate of drug-likeness (QED) is 0.417. The number of aromatic amines is 1. The van der Waals surface area contributed by atoms with Crippen molar-refractivity contribution in [3.63, 3.8) is 0 Å². The van der Waals surface area contributed by atoms with Crippen molar-refractivity contribution in [3.8, 4) is 17.0 Å². The normalized spacial score (nSPS) is 20.3. The van der Waals surface area contributed by atoms with Crippen LogP contribution >= 0.6 is 0 Å². The summed E-state index contributed by atoms with van der Waals surface area (Å²) in [7, 11) is 0. The van der Waals surface area contributed by atoms with E-state index in [4.69, 9.17) is 4.74 Å². The summed E-state index contributed by atoms with van der Waals surface area (Å²) < 4.78 is 46.7. The number of aromatic nitrogens is 3. The van der Waals surface area contributed by atoms with Gasteiger partial charge in [-0.2, -0.15) is 13.2 Å². The molecule has 208 valence electrons. The second kappa shape index (κ2) is 10.1. The van der Waals surface area contributed by atoms with Gasteiger partial charge in [-0.25, -0.2) is 9.97 Å². The molecule has 9 nitrogen and oxygen atoms in total. The SMILES string of the molecule is Cc1[nH]c2c(-c3cc(C(F)(F)F)ccc3OCC3CC3)ncnc2c1C(=O)N[C@@H]1CN(C(=O)[C@H](C)O)C[C@@H]1C. The number of H-pyrrole nitrogens is 1. The Labute approximate surface area is 222 Å². The Bertz CT molecular complexity index is 1420. The lowest BCUT2D eigenvalue weighted by Gasteiger charge is -2.18. The van der Waals surface area contributed by atoms with E-state index in [0.717, 1.165) is 25.0 Å². The monoisotopic (exact) mass is 545 g/mol. The van der Waals surface area contributed by atoms with Crippen molar-refractivity contribution in [1.29, 1.82) is 0 Å². The molecule has 12 heteroatoms. The fourth-order valence-corrected chi connectivity index (χ4v) is 4.95. The van der Waals surface area contributed by atoms with Crippen molar-refractivity contribution < 1.29 is 32.6 Å². The van der Waals surface area contributed by atoms with E-state index in [1.54, 1.807) is 6.92 Å². The summed E-state index contributed by atoms with van der Waals surface area (Å²) in [5.41, 5.74) is 0.817. The molecular weight excluding hydrogens is 515 g/mol. The molecule has 0 unspecified atom stereocenters. The van der Waals surface area contributed by atoms with Crippen LogP contribution in [0.2, 0.25) is 0 Å². The van der Waals surface area contributed by atoms with Crippen LogP contribution < -0.4 is 10.1 Å². The number of likely N-dealkylation sites (tertiary alicyclic amines) is 1. The summed E-state index contributed by atoms with van der Waals surface area (Å²) >= 11 is 0. The van der Waals surface area contributed by atoms with Gasteiger partial charge in [-0.3, -0.25) is 9.59 Å². The lowest BCUT2D eigenvalue weighted by Crippen LogP contribution is -2.42. The lowest BCUT2D eigenvalue weighted by atomic mass is 10.0. The molecule has 0 radical (unpaired) electrons. The molecule has 0 spiro atoms. The Hall–Kier alpha value is -3.67. The van der Waals surface area contributed by atoms with Gasteiger partial charge < -0.3 is 25.0 Å². The number of nitrogens with one attached hydrogen (secondary N) is 2. The average molecular weight is 546 g/mol. The number of aliphatic hydroxyl groups excluding tert-OH is 1. The average Bonchev–Trinajstić information content (AvgIpc) is 3.55. The summed E-state index contributed by atoms with van der Waals surface area (Å²) in [4.78, 5) is 38.8. The number of alkyl halides is 3. The smallest absolute Gasteiger partial charge is 0.416 e. The van der Waals surface area contributed by atoms with Gasteiger partial charge in [0.25, 0.3) is 11.8 Å². The van der Waals surface area contributed by atoms with Crippen LogP contribution in [-0.2, 0) is 11.0 Å². The van der Waals surface area contributed by atoms with E-state index in [0.29, 0.717) is 30.3 Å². The van der Waals surface area contributed by atoms with Crippen LogP contribution in [-0.4, -0.2) is 68.6 Å². The molecule has 2 amide bonds. The van der Waals surface area contributed by atoms with Crippen molar-refractivity contribution in [2.45, 2.75) is 51.9 Å². The number of hydrogen-bond acceptors (Lipinski definition) is 6. The van der Waals surface area contributed by atoms with Gasteiger partial charge in [0.2, 0.25) is 0 Å². The van der Waals surface area contributed by atoms with E-state index in [9.17, 15) is 27.9 Å². The maximum Gasteiger partial charge on any atom is 0.416 e. The first-order chi connectivity index (χ1) is 18.4. The molecular formula is C27H30F3N5O4. The number of aliphatic hydroxyl groups is 1. The van der Waals surface area contributed by atoms with Crippen molar-refractivity contribution >= 4 is 22.8 Å². The Morgan fingerprint density at radius 3 is 2.67 bits per heavy atom. The van der Waals surface area contributed by atoms with Crippen LogP contribution in [0.1, 0.15) is 48.3 Å². The van der Waals surface area contributed by atoms with Gasteiger partial charge in [0.15, 0.2) is 0 Å². The van der Waals surface area contributed by atoms with Gasteiger partial charge in [0.1, 0.15) is 29.4 Å². The number of nitrogens with zero attached hydrogens (tertiary/aromatic N) is 3. The third-order valence-electron chi connectivity index (χ3n) is 7.33. The van der Waals surface area contributed by atoms with Crippen LogP contribution in [0.4, 0.5) is 13.2 Å². The molecule has 3 N–H and O–H groups in total. The minimum atomic E-state index is -4.56. The van der Waals surface area contributed by atoms with Crippen molar-refractivity contribution in [2.24, 2.45) is 11.8 Å². The summed E-state index contributed by atoms with van der Waals surface area (Å²) in [6, 6.07) is 2.95. The molecule has 5 rings (SSSR count). The number of fused-ring (bicyclic) bond motifs is 1. The number of carbonyl (C=O) groups is 2. The van der Waals surface area contributed by atoms with Crippen molar-refractivity contribution in [2.75, 3.05) is 19.7 Å². The molecule has 1 saturated carbocycles. The molecule has 3 heterocycles. The molecule has 2 fully saturated rings. The summed E-state index contributed by atoms with van der Waals surface area (Å²) in [5, 5.41) is 12.6. The van der Waals surface area contributed by atoms with Gasteiger partial charge in [0.05, 0.1) is 29.3 Å². The predicted molar refractivity (Wildman–Crippen MR) is 136 cm³/mol. The maximum absolute atomic E-state index is 13.6.